The van der Waals surface area contributed by atoms with Crippen molar-refractivity contribution >= 4 is 14.0 Å². The Morgan fingerprint density at radius 1 is 1.39 bits per heavy atom. The molecular weight excluding hydrogens is 251 g/mol. The molecule has 0 aliphatic rings. The van der Waals surface area contributed by atoms with E-state index in [1.165, 1.54) is 5.56 Å². The van der Waals surface area contributed by atoms with E-state index >= 15 is 0 Å². The Hall–Kier alpha value is -1.09. The molecule has 0 radical (unpaired) electrons. The largest absolute Gasteiger partial charge is 0.695 e. The molecule has 4 nitrogen and oxygen atoms in total. The molecule has 1 aromatic carbocycles. The molecule has 0 heterocycles. The molecule has 1 rings (SSSR count). The van der Waals surface area contributed by atoms with Crippen LogP contribution >= 0.6 is 8.25 Å². The van der Waals surface area contributed by atoms with Gasteiger partial charge in [0, 0.05) is 10.5 Å². The second-order valence-corrected chi connectivity index (χ2v) is 4.99. The number of carbonyl (C=O) groups is 1. The van der Waals surface area contributed by atoms with Crippen LogP contribution in [0.4, 0.5) is 0 Å². The van der Waals surface area contributed by atoms with Crippen LogP contribution in [-0.4, -0.2) is 17.3 Å². The molecule has 0 fully saturated rings. The SMILES string of the molecule is C[C@@H](CCCc1ccccc1)C(=O)CO[P+](=O)O. The van der Waals surface area contributed by atoms with E-state index in [1.807, 2.05) is 25.1 Å². The topological polar surface area (TPSA) is 63.6 Å². The highest BCUT2D eigenvalue weighted by molar-refractivity contribution is 7.32. The van der Waals surface area contributed by atoms with Gasteiger partial charge in [-0.05, 0) is 24.8 Å². The minimum atomic E-state index is -2.68. The average Bonchev–Trinajstić information content (AvgIpc) is 2.37. The van der Waals surface area contributed by atoms with E-state index in [-0.39, 0.29) is 18.3 Å². The van der Waals surface area contributed by atoms with Crippen molar-refractivity contribution in [3.8, 4) is 0 Å². The van der Waals surface area contributed by atoms with Gasteiger partial charge in [0.15, 0.2) is 12.4 Å². The minimum Gasteiger partial charge on any atom is -0.297 e. The molecule has 18 heavy (non-hydrogen) atoms. The molecule has 2 atom stereocenters. The summed E-state index contributed by atoms with van der Waals surface area (Å²) in [5.41, 5.74) is 1.26. The molecule has 98 valence electrons. The Balaban J connectivity index is 2.22. The summed E-state index contributed by atoms with van der Waals surface area (Å²) >= 11 is 0. The van der Waals surface area contributed by atoms with E-state index < -0.39 is 8.25 Å². The summed E-state index contributed by atoms with van der Waals surface area (Å²) in [7, 11) is -2.68. The minimum absolute atomic E-state index is 0.125. The number of rotatable bonds is 8. The molecule has 0 spiro atoms. The van der Waals surface area contributed by atoms with Gasteiger partial charge in [0.1, 0.15) is 0 Å². The summed E-state index contributed by atoms with van der Waals surface area (Å²) in [6, 6.07) is 10.1. The van der Waals surface area contributed by atoms with E-state index in [0.717, 1.165) is 19.3 Å². The number of Topliss-reactive ketones (excluding diaryl/α,β-unsaturated/α-hetero) is 1. The van der Waals surface area contributed by atoms with Gasteiger partial charge in [-0.15, -0.1) is 9.42 Å². The third-order valence-electron chi connectivity index (χ3n) is 2.81. The molecule has 0 aliphatic carbocycles. The van der Waals surface area contributed by atoms with E-state index in [9.17, 15) is 9.36 Å². The Kier molecular flexibility index (Phi) is 6.73. The van der Waals surface area contributed by atoms with Crippen LogP contribution in [0.1, 0.15) is 25.3 Å². The van der Waals surface area contributed by atoms with Crippen molar-refractivity contribution in [2.24, 2.45) is 5.92 Å². The van der Waals surface area contributed by atoms with Crippen molar-refractivity contribution < 1.29 is 18.8 Å². The smallest absolute Gasteiger partial charge is 0.297 e. The molecule has 0 amide bonds. The summed E-state index contributed by atoms with van der Waals surface area (Å²) in [5.74, 6) is -0.260. The first-order valence-electron chi connectivity index (χ1n) is 5.95. The number of benzene rings is 1. The molecule has 1 N–H and O–H groups in total. The Bertz CT molecular complexity index is 391. The van der Waals surface area contributed by atoms with Crippen LogP contribution in [0.5, 0.6) is 0 Å². The fourth-order valence-electron chi connectivity index (χ4n) is 1.68. The lowest BCUT2D eigenvalue weighted by Crippen LogP contribution is -2.16. The summed E-state index contributed by atoms with van der Waals surface area (Å²) in [6.45, 7) is 1.54. The summed E-state index contributed by atoms with van der Waals surface area (Å²) < 4.78 is 14.7. The number of aryl methyl sites for hydroxylation is 1. The zero-order chi connectivity index (χ0) is 13.4. The number of carbonyl (C=O) groups excluding carboxylic acids is 1. The molecule has 5 heteroatoms. The lowest BCUT2D eigenvalue weighted by atomic mass is 9.98. The molecule has 1 unspecified atom stereocenters. The van der Waals surface area contributed by atoms with Gasteiger partial charge in [-0.1, -0.05) is 37.3 Å². The van der Waals surface area contributed by atoms with Crippen LogP contribution in [0.15, 0.2) is 30.3 Å². The highest BCUT2D eigenvalue weighted by atomic mass is 31.1. The average molecular weight is 269 g/mol. The lowest BCUT2D eigenvalue weighted by molar-refractivity contribution is -0.124. The van der Waals surface area contributed by atoms with Crippen molar-refractivity contribution in [2.75, 3.05) is 6.61 Å². The maximum Gasteiger partial charge on any atom is 0.695 e. The normalized spacial score (nSPS) is 13.1. The second kappa shape index (κ2) is 8.09. The van der Waals surface area contributed by atoms with Gasteiger partial charge >= 0.3 is 8.25 Å². The fourth-order valence-corrected chi connectivity index (χ4v) is 1.92. The third-order valence-corrected chi connectivity index (χ3v) is 3.16. The second-order valence-electron chi connectivity index (χ2n) is 4.26. The number of hydrogen-bond donors (Lipinski definition) is 1. The van der Waals surface area contributed by atoms with Crippen molar-refractivity contribution in [3.63, 3.8) is 0 Å². The van der Waals surface area contributed by atoms with Gasteiger partial charge < -0.3 is 0 Å². The molecule has 0 saturated heterocycles. The first-order valence-corrected chi connectivity index (χ1v) is 7.08. The van der Waals surface area contributed by atoms with Crippen LogP contribution in [0, 0.1) is 5.92 Å². The number of hydrogen-bond acceptors (Lipinski definition) is 3. The van der Waals surface area contributed by atoms with Crippen LogP contribution in [0.25, 0.3) is 0 Å². The van der Waals surface area contributed by atoms with Gasteiger partial charge in [-0.2, -0.15) is 0 Å². The summed E-state index contributed by atoms with van der Waals surface area (Å²) in [4.78, 5) is 20.0. The third kappa shape index (κ3) is 6.01. The maximum atomic E-state index is 11.5. The van der Waals surface area contributed by atoms with Crippen LogP contribution in [-0.2, 0) is 20.3 Å². The molecule has 0 aliphatic heterocycles. The predicted octanol–water partition coefficient (Wildman–Crippen LogP) is 2.88. The maximum absolute atomic E-state index is 11.5. The van der Waals surface area contributed by atoms with Gasteiger partial charge in [-0.3, -0.25) is 4.79 Å². The first-order chi connectivity index (χ1) is 8.59. The van der Waals surface area contributed by atoms with Crippen molar-refractivity contribution in [2.45, 2.75) is 26.2 Å². The van der Waals surface area contributed by atoms with Gasteiger partial charge in [0.25, 0.3) is 0 Å². The summed E-state index contributed by atoms with van der Waals surface area (Å²) in [6.07, 6.45) is 2.62. The van der Waals surface area contributed by atoms with Gasteiger partial charge in [-0.25, -0.2) is 0 Å². The van der Waals surface area contributed by atoms with Crippen molar-refractivity contribution in [3.05, 3.63) is 35.9 Å². The standard InChI is InChI=1S/C13H17O4P/c1-11(13(14)10-17-18(15)16)6-5-9-12-7-3-2-4-8-12/h2-4,7-8,11H,5-6,9-10H2,1H3/p+1/t11-/m0/s1. The molecular formula is C13H18O4P+. The molecule has 1 aromatic rings. The predicted molar refractivity (Wildman–Crippen MR) is 69.3 cm³/mol. The van der Waals surface area contributed by atoms with Crippen LogP contribution in [0.2, 0.25) is 0 Å². The van der Waals surface area contributed by atoms with Crippen LogP contribution in [0.3, 0.4) is 0 Å². The fraction of sp³-hybridized carbons (Fsp3) is 0.462. The molecule has 0 bridgehead atoms. The van der Waals surface area contributed by atoms with E-state index in [1.54, 1.807) is 0 Å². The number of ketones is 1. The lowest BCUT2D eigenvalue weighted by Gasteiger charge is -2.08. The Morgan fingerprint density at radius 2 is 2.06 bits per heavy atom. The van der Waals surface area contributed by atoms with Crippen LogP contribution < -0.4 is 0 Å². The van der Waals surface area contributed by atoms with Crippen molar-refractivity contribution in [1.29, 1.82) is 0 Å². The van der Waals surface area contributed by atoms with Gasteiger partial charge in [0.05, 0.1) is 0 Å². The van der Waals surface area contributed by atoms with Crippen molar-refractivity contribution in [1.82, 2.24) is 0 Å². The highest BCUT2D eigenvalue weighted by Crippen LogP contribution is 2.17. The zero-order valence-corrected chi connectivity index (χ0v) is 11.3. The zero-order valence-electron chi connectivity index (χ0n) is 10.4. The van der Waals surface area contributed by atoms with E-state index in [2.05, 4.69) is 16.7 Å². The summed E-state index contributed by atoms with van der Waals surface area (Å²) in [5, 5.41) is 0. The van der Waals surface area contributed by atoms with E-state index in [4.69, 9.17) is 4.89 Å². The van der Waals surface area contributed by atoms with E-state index in [0.29, 0.717) is 0 Å². The Morgan fingerprint density at radius 3 is 2.67 bits per heavy atom. The highest BCUT2D eigenvalue weighted by Gasteiger charge is 2.19. The monoisotopic (exact) mass is 269 g/mol. The molecule has 0 aromatic heterocycles. The first kappa shape index (κ1) is 15.0. The quantitative estimate of drug-likeness (QED) is 0.737. The molecule has 0 saturated carbocycles. The van der Waals surface area contributed by atoms with Gasteiger partial charge in [0.2, 0.25) is 0 Å². The Labute approximate surface area is 108 Å².